The number of hydrogen-bond donors (Lipinski definition) is 1. The predicted molar refractivity (Wildman–Crippen MR) is 47.9 cm³/mol. The second-order valence-electron chi connectivity index (χ2n) is 4.05. The van der Waals surface area contributed by atoms with Crippen LogP contribution in [0.15, 0.2) is 6.07 Å². The third-order valence-corrected chi connectivity index (χ3v) is 2.93. The first kappa shape index (κ1) is 10.5. The van der Waals surface area contributed by atoms with Gasteiger partial charge in [-0.05, 0) is 25.3 Å². The number of nitrogens with zero attached hydrogens (tertiary/aromatic N) is 2. The average molecular weight is 219 g/mol. The minimum Gasteiger partial charge on any atom is -0.320 e. The van der Waals surface area contributed by atoms with Crippen LogP contribution in [0.1, 0.15) is 30.7 Å². The maximum Gasteiger partial charge on any atom is 0.435 e. The van der Waals surface area contributed by atoms with Gasteiger partial charge in [0.15, 0.2) is 5.69 Å². The monoisotopic (exact) mass is 219 g/mol. The van der Waals surface area contributed by atoms with Gasteiger partial charge in [0.2, 0.25) is 0 Å². The van der Waals surface area contributed by atoms with Crippen molar-refractivity contribution in [1.82, 2.24) is 9.78 Å². The van der Waals surface area contributed by atoms with E-state index in [0.29, 0.717) is 5.69 Å². The van der Waals surface area contributed by atoms with Crippen molar-refractivity contribution in [3.8, 4) is 0 Å². The predicted octanol–water partition coefficient (Wildman–Crippen LogP) is 1.78. The number of nitrogens with two attached hydrogens (primary N) is 1. The van der Waals surface area contributed by atoms with Crippen LogP contribution >= 0.6 is 0 Å². The summed E-state index contributed by atoms with van der Waals surface area (Å²) in [7, 11) is 1.50. The van der Waals surface area contributed by atoms with Crippen LogP contribution in [0.2, 0.25) is 0 Å². The number of rotatable bonds is 1. The van der Waals surface area contributed by atoms with Crippen LogP contribution in [-0.2, 0) is 18.8 Å². The summed E-state index contributed by atoms with van der Waals surface area (Å²) in [6.07, 6.45) is -1.98. The molecule has 2 N–H and O–H groups in total. The van der Waals surface area contributed by atoms with E-state index < -0.39 is 17.4 Å². The maximum atomic E-state index is 12.4. The van der Waals surface area contributed by atoms with Crippen LogP contribution < -0.4 is 5.73 Å². The third-order valence-electron chi connectivity index (χ3n) is 2.93. The molecule has 0 atom stereocenters. The Hall–Kier alpha value is -1.04. The largest absolute Gasteiger partial charge is 0.435 e. The highest BCUT2D eigenvalue weighted by Crippen LogP contribution is 2.40. The zero-order chi connectivity index (χ0) is 11.3. The Kier molecular flexibility index (Phi) is 2.08. The third kappa shape index (κ3) is 1.62. The first-order valence-corrected chi connectivity index (χ1v) is 4.73. The zero-order valence-electron chi connectivity index (χ0n) is 8.30. The van der Waals surface area contributed by atoms with E-state index in [1.165, 1.54) is 11.7 Å². The quantitative estimate of drug-likeness (QED) is 0.782. The van der Waals surface area contributed by atoms with E-state index in [9.17, 15) is 13.2 Å². The Morgan fingerprint density at radius 2 is 2.07 bits per heavy atom. The molecule has 0 amide bonds. The number of aromatic nitrogens is 2. The first-order valence-electron chi connectivity index (χ1n) is 4.73. The number of halogens is 3. The Labute approximate surface area is 85.1 Å². The van der Waals surface area contributed by atoms with Gasteiger partial charge in [0, 0.05) is 7.05 Å². The number of hydrogen-bond acceptors (Lipinski definition) is 2. The maximum absolute atomic E-state index is 12.4. The fraction of sp³-hybridized carbons (Fsp3) is 0.667. The molecular formula is C9H12F3N3. The van der Waals surface area contributed by atoms with Gasteiger partial charge in [0.05, 0.1) is 11.2 Å². The molecule has 0 spiro atoms. The summed E-state index contributed by atoms with van der Waals surface area (Å²) < 4.78 is 38.4. The van der Waals surface area contributed by atoms with E-state index in [-0.39, 0.29) is 0 Å². The molecule has 3 nitrogen and oxygen atoms in total. The highest BCUT2D eigenvalue weighted by atomic mass is 19.4. The van der Waals surface area contributed by atoms with E-state index in [2.05, 4.69) is 5.10 Å². The summed E-state index contributed by atoms with van der Waals surface area (Å²) in [5.74, 6) is 0. The van der Waals surface area contributed by atoms with Gasteiger partial charge in [-0.15, -0.1) is 0 Å². The van der Waals surface area contributed by atoms with E-state index in [0.717, 1.165) is 25.3 Å². The van der Waals surface area contributed by atoms with Crippen LogP contribution in [0.25, 0.3) is 0 Å². The van der Waals surface area contributed by atoms with Gasteiger partial charge in [-0.2, -0.15) is 18.3 Å². The minimum absolute atomic E-state index is 0.473. The smallest absolute Gasteiger partial charge is 0.320 e. The van der Waals surface area contributed by atoms with Gasteiger partial charge in [-0.1, -0.05) is 0 Å². The molecule has 0 radical (unpaired) electrons. The molecule has 0 bridgehead atoms. The lowest BCUT2D eigenvalue weighted by molar-refractivity contribution is -0.141. The van der Waals surface area contributed by atoms with Crippen LogP contribution in [0.3, 0.4) is 0 Å². The molecular weight excluding hydrogens is 207 g/mol. The molecule has 1 heterocycles. The lowest BCUT2D eigenvalue weighted by Gasteiger charge is -2.37. The molecule has 0 saturated heterocycles. The molecule has 1 aliphatic rings. The van der Waals surface area contributed by atoms with Gasteiger partial charge in [-0.25, -0.2) is 0 Å². The van der Waals surface area contributed by atoms with Crippen molar-refractivity contribution in [2.75, 3.05) is 0 Å². The van der Waals surface area contributed by atoms with E-state index in [4.69, 9.17) is 5.73 Å². The van der Waals surface area contributed by atoms with Gasteiger partial charge in [0.1, 0.15) is 0 Å². The van der Waals surface area contributed by atoms with Gasteiger partial charge in [-0.3, -0.25) is 4.68 Å². The summed E-state index contributed by atoms with van der Waals surface area (Å²) in [6.45, 7) is 0. The molecule has 0 aromatic carbocycles. The Balaban J connectivity index is 2.38. The topological polar surface area (TPSA) is 43.8 Å². The van der Waals surface area contributed by atoms with Crippen molar-refractivity contribution < 1.29 is 13.2 Å². The van der Waals surface area contributed by atoms with Crippen molar-refractivity contribution >= 4 is 0 Å². The molecule has 1 aromatic heterocycles. The molecule has 1 aliphatic carbocycles. The molecule has 1 fully saturated rings. The summed E-state index contributed by atoms with van der Waals surface area (Å²) >= 11 is 0. The molecule has 0 aliphatic heterocycles. The van der Waals surface area contributed by atoms with Crippen LogP contribution in [-0.4, -0.2) is 9.78 Å². The van der Waals surface area contributed by atoms with Crippen molar-refractivity contribution in [3.05, 3.63) is 17.5 Å². The van der Waals surface area contributed by atoms with Crippen molar-refractivity contribution in [3.63, 3.8) is 0 Å². The lowest BCUT2D eigenvalue weighted by Crippen LogP contribution is -2.44. The molecule has 15 heavy (non-hydrogen) atoms. The Bertz CT molecular complexity index is 376. The van der Waals surface area contributed by atoms with E-state index in [1.54, 1.807) is 0 Å². The Morgan fingerprint density at radius 3 is 2.40 bits per heavy atom. The zero-order valence-corrected chi connectivity index (χ0v) is 8.30. The summed E-state index contributed by atoms with van der Waals surface area (Å²) in [4.78, 5) is 0. The Morgan fingerprint density at radius 1 is 1.47 bits per heavy atom. The fourth-order valence-corrected chi connectivity index (χ4v) is 1.89. The van der Waals surface area contributed by atoms with Crippen LogP contribution in [0.4, 0.5) is 13.2 Å². The van der Waals surface area contributed by atoms with Gasteiger partial charge < -0.3 is 5.73 Å². The summed E-state index contributed by atoms with van der Waals surface area (Å²) in [5, 5.41) is 3.44. The molecule has 1 aromatic rings. The first-order chi connectivity index (χ1) is 6.83. The normalized spacial score (nSPS) is 20.1. The van der Waals surface area contributed by atoms with Crippen LogP contribution in [0, 0.1) is 0 Å². The molecule has 0 unspecified atom stereocenters. The van der Waals surface area contributed by atoms with E-state index in [1.807, 2.05) is 0 Å². The minimum atomic E-state index is -4.39. The van der Waals surface area contributed by atoms with E-state index >= 15 is 0 Å². The van der Waals surface area contributed by atoms with Crippen molar-refractivity contribution in [2.24, 2.45) is 12.8 Å². The fourth-order valence-electron chi connectivity index (χ4n) is 1.89. The summed E-state index contributed by atoms with van der Waals surface area (Å²) in [5.41, 5.74) is 4.96. The standard InChI is InChI=1S/C9H12F3N3/c1-15-7(8(13)3-2-4-8)5-6(14-15)9(10,11)12/h5H,2-4,13H2,1H3. The summed E-state index contributed by atoms with van der Waals surface area (Å²) in [6, 6.07) is 1.05. The number of alkyl halides is 3. The second kappa shape index (κ2) is 2.98. The van der Waals surface area contributed by atoms with Gasteiger partial charge >= 0.3 is 6.18 Å². The van der Waals surface area contributed by atoms with Crippen molar-refractivity contribution in [2.45, 2.75) is 31.0 Å². The average Bonchev–Trinajstić information content (AvgIpc) is 2.42. The van der Waals surface area contributed by atoms with Gasteiger partial charge in [0.25, 0.3) is 0 Å². The molecule has 1 saturated carbocycles. The lowest BCUT2D eigenvalue weighted by atomic mass is 9.75. The highest BCUT2D eigenvalue weighted by molar-refractivity contribution is 5.23. The molecule has 2 rings (SSSR count). The second-order valence-corrected chi connectivity index (χ2v) is 4.05. The highest BCUT2D eigenvalue weighted by Gasteiger charge is 2.41. The number of aryl methyl sites for hydroxylation is 1. The van der Waals surface area contributed by atoms with Crippen LogP contribution in [0.5, 0.6) is 0 Å². The molecule has 84 valence electrons. The van der Waals surface area contributed by atoms with Crippen molar-refractivity contribution in [1.29, 1.82) is 0 Å². The molecule has 6 heteroatoms. The SMILES string of the molecule is Cn1nc(C(F)(F)F)cc1C1(N)CCC1.